The number of rotatable bonds is 4. The monoisotopic (exact) mass is 289 g/mol. The molecule has 7 heteroatoms. The van der Waals surface area contributed by atoms with E-state index in [0.717, 1.165) is 13.0 Å². The number of amides is 1. The number of carbonyl (C=O) groups excluding carboxylic acids is 1. The summed E-state index contributed by atoms with van der Waals surface area (Å²) in [6, 6.07) is 1.74. The van der Waals surface area contributed by atoms with E-state index in [-0.39, 0.29) is 24.4 Å². The number of ether oxygens (including phenoxy) is 1. The molecule has 1 aliphatic rings. The Bertz CT molecular complexity index is 422. The molecular formula is C12H20ClN3O3. The molecule has 0 aliphatic carbocycles. The van der Waals surface area contributed by atoms with Crippen molar-refractivity contribution in [2.24, 2.45) is 11.7 Å². The smallest absolute Gasteiger partial charge is 0.276 e. The van der Waals surface area contributed by atoms with Gasteiger partial charge in [-0.25, -0.2) is 0 Å². The fraction of sp³-hybridized carbons (Fsp3) is 0.667. The topological polar surface area (TPSA) is 81.6 Å². The Kier molecular flexibility index (Phi) is 5.78. The second-order valence-corrected chi connectivity index (χ2v) is 4.77. The zero-order chi connectivity index (χ0) is 13.1. The highest BCUT2D eigenvalue weighted by Crippen LogP contribution is 2.20. The van der Waals surface area contributed by atoms with Gasteiger partial charge in [0.25, 0.3) is 5.91 Å². The lowest BCUT2D eigenvalue weighted by molar-refractivity contribution is 0.0775. The van der Waals surface area contributed by atoms with Gasteiger partial charge in [-0.15, -0.1) is 12.4 Å². The SMILES string of the molecule is COCc1cc(C(=O)N2CCC(C(C)N)C2)no1.Cl. The number of aromatic nitrogens is 1. The molecule has 0 saturated carbocycles. The van der Waals surface area contributed by atoms with Crippen molar-refractivity contribution in [3.8, 4) is 0 Å². The maximum Gasteiger partial charge on any atom is 0.276 e. The van der Waals surface area contributed by atoms with Crippen molar-refractivity contribution in [2.45, 2.75) is 26.0 Å². The fourth-order valence-electron chi connectivity index (χ4n) is 2.19. The highest BCUT2D eigenvalue weighted by molar-refractivity contribution is 5.92. The zero-order valence-corrected chi connectivity index (χ0v) is 12.0. The maximum atomic E-state index is 12.2. The number of hydrogen-bond acceptors (Lipinski definition) is 5. The van der Waals surface area contributed by atoms with Crippen LogP contribution in [-0.2, 0) is 11.3 Å². The number of nitrogens with two attached hydrogens (primary N) is 1. The van der Waals surface area contributed by atoms with Crippen LogP contribution in [0.2, 0.25) is 0 Å². The van der Waals surface area contributed by atoms with Crippen molar-refractivity contribution in [3.63, 3.8) is 0 Å². The first-order valence-corrected chi connectivity index (χ1v) is 6.11. The maximum absolute atomic E-state index is 12.2. The first kappa shape index (κ1) is 15.9. The van der Waals surface area contributed by atoms with E-state index in [1.807, 2.05) is 6.92 Å². The molecule has 1 amide bonds. The van der Waals surface area contributed by atoms with Gasteiger partial charge in [0.05, 0.1) is 0 Å². The molecule has 1 aromatic rings. The van der Waals surface area contributed by atoms with Gasteiger partial charge >= 0.3 is 0 Å². The van der Waals surface area contributed by atoms with Gasteiger partial charge in [0, 0.05) is 32.3 Å². The second kappa shape index (κ2) is 6.88. The van der Waals surface area contributed by atoms with Crippen LogP contribution in [0.4, 0.5) is 0 Å². The summed E-state index contributed by atoms with van der Waals surface area (Å²) in [6.45, 7) is 3.73. The summed E-state index contributed by atoms with van der Waals surface area (Å²) in [5.74, 6) is 0.840. The minimum Gasteiger partial charge on any atom is -0.377 e. The van der Waals surface area contributed by atoms with Gasteiger partial charge in [0.1, 0.15) is 6.61 Å². The summed E-state index contributed by atoms with van der Waals surface area (Å²) >= 11 is 0. The standard InChI is InChI=1S/C12H19N3O3.ClH/c1-8(13)9-3-4-15(6-9)12(16)11-5-10(7-17-2)18-14-11;/h5,8-9H,3-4,6-7,13H2,1-2H3;1H. The van der Waals surface area contributed by atoms with Crippen molar-refractivity contribution in [1.82, 2.24) is 10.1 Å². The van der Waals surface area contributed by atoms with E-state index < -0.39 is 0 Å². The molecule has 1 saturated heterocycles. The third-order valence-corrected chi connectivity index (χ3v) is 3.32. The van der Waals surface area contributed by atoms with E-state index in [1.54, 1.807) is 18.1 Å². The molecule has 2 rings (SSSR count). The van der Waals surface area contributed by atoms with Gasteiger partial charge in [0.2, 0.25) is 0 Å². The Morgan fingerprint density at radius 2 is 2.47 bits per heavy atom. The van der Waals surface area contributed by atoms with E-state index in [4.69, 9.17) is 15.0 Å². The number of likely N-dealkylation sites (tertiary alicyclic amines) is 1. The number of halogens is 1. The van der Waals surface area contributed by atoms with Crippen molar-refractivity contribution in [1.29, 1.82) is 0 Å². The Morgan fingerprint density at radius 1 is 1.74 bits per heavy atom. The van der Waals surface area contributed by atoms with Crippen LogP contribution >= 0.6 is 12.4 Å². The molecular weight excluding hydrogens is 270 g/mol. The largest absolute Gasteiger partial charge is 0.377 e. The summed E-state index contributed by atoms with van der Waals surface area (Å²) in [5.41, 5.74) is 6.19. The highest BCUT2D eigenvalue weighted by atomic mass is 35.5. The lowest BCUT2D eigenvalue weighted by atomic mass is 10.0. The molecule has 0 radical (unpaired) electrons. The van der Waals surface area contributed by atoms with Crippen LogP contribution in [0.1, 0.15) is 29.6 Å². The van der Waals surface area contributed by atoms with Crippen LogP contribution in [0, 0.1) is 5.92 Å². The molecule has 0 aromatic carbocycles. The van der Waals surface area contributed by atoms with Gasteiger partial charge in [0.15, 0.2) is 11.5 Å². The quantitative estimate of drug-likeness (QED) is 0.896. The zero-order valence-electron chi connectivity index (χ0n) is 11.2. The summed E-state index contributed by atoms with van der Waals surface area (Å²) in [4.78, 5) is 13.9. The number of carbonyl (C=O) groups is 1. The highest BCUT2D eigenvalue weighted by Gasteiger charge is 2.30. The van der Waals surface area contributed by atoms with Gasteiger partial charge in [-0.3, -0.25) is 4.79 Å². The summed E-state index contributed by atoms with van der Waals surface area (Å²) < 4.78 is 9.93. The summed E-state index contributed by atoms with van der Waals surface area (Å²) in [6.07, 6.45) is 0.951. The van der Waals surface area contributed by atoms with E-state index >= 15 is 0 Å². The molecule has 0 bridgehead atoms. The Balaban J connectivity index is 0.00000180. The van der Waals surface area contributed by atoms with Crippen LogP contribution in [0.15, 0.2) is 10.6 Å². The minimum atomic E-state index is -0.0933. The molecule has 0 spiro atoms. The number of nitrogens with zero attached hydrogens (tertiary/aromatic N) is 2. The van der Waals surface area contributed by atoms with E-state index in [2.05, 4.69) is 5.16 Å². The van der Waals surface area contributed by atoms with Crippen LogP contribution in [0.5, 0.6) is 0 Å². The van der Waals surface area contributed by atoms with Gasteiger partial charge in [-0.2, -0.15) is 0 Å². The van der Waals surface area contributed by atoms with E-state index in [1.165, 1.54) is 0 Å². The first-order valence-electron chi connectivity index (χ1n) is 6.11. The number of hydrogen-bond donors (Lipinski definition) is 1. The van der Waals surface area contributed by atoms with Gasteiger partial charge in [-0.05, 0) is 19.3 Å². The average Bonchev–Trinajstić information content (AvgIpc) is 2.97. The average molecular weight is 290 g/mol. The Hall–Kier alpha value is -1.11. The predicted octanol–water partition coefficient (Wildman–Crippen LogP) is 1.05. The molecule has 2 heterocycles. The van der Waals surface area contributed by atoms with Gasteiger partial charge < -0.3 is 19.9 Å². The van der Waals surface area contributed by atoms with Crippen molar-refractivity contribution in [2.75, 3.05) is 20.2 Å². The predicted molar refractivity (Wildman–Crippen MR) is 72.1 cm³/mol. The lowest BCUT2D eigenvalue weighted by Gasteiger charge is -2.16. The summed E-state index contributed by atoms with van der Waals surface area (Å²) in [5, 5.41) is 3.77. The normalized spacial score (nSPS) is 20.2. The molecule has 2 atom stereocenters. The molecule has 1 aromatic heterocycles. The molecule has 19 heavy (non-hydrogen) atoms. The van der Waals surface area contributed by atoms with Crippen molar-refractivity contribution >= 4 is 18.3 Å². The van der Waals surface area contributed by atoms with Crippen LogP contribution in [0.25, 0.3) is 0 Å². The van der Waals surface area contributed by atoms with Gasteiger partial charge in [-0.1, -0.05) is 5.16 Å². The number of methoxy groups -OCH3 is 1. The lowest BCUT2D eigenvalue weighted by Crippen LogP contribution is -2.33. The van der Waals surface area contributed by atoms with Crippen LogP contribution < -0.4 is 5.73 Å². The molecule has 6 nitrogen and oxygen atoms in total. The molecule has 2 unspecified atom stereocenters. The summed E-state index contributed by atoms with van der Waals surface area (Å²) in [7, 11) is 1.57. The second-order valence-electron chi connectivity index (χ2n) is 4.77. The first-order chi connectivity index (χ1) is 8.61. The molecule has 108 valence electrons. The third-order valence-electron chi connectivity index (χ3n) is 3.32. The minimum absolute atomic E-state index is 0. The van der Waals surface area contributed by atoms with Crippen LogP contribution in [-0.4, -0.2) is 42.2 Å². The molecule has 1 aliphatic heterocycles. The van der Waals surface area contributed by atoms with E-state index in [0.29, 0.717) is 30.5 Å². The fourth-order valence-corrected chi connectivity index (χ4v) is 2.19. The van der Waals surface area contributed by atoms with Crippen LogP contribution in [0.3, 0.4) is 0 Å². The Labute approximate surface area is 118 Å². The molecule has 1 fully saturated rings. The Morgan fingerprint density at radius 3 is 3.05 bits per heavy atom. The molecule has 2 N–H and O–H groups in total. The van der Waals surface area contributed by atoms with Crippen molar-refractivity contribution < 1.29 is 14.1 Å². The van der Waals surface area contributed by atoms with Crippen molar-refractivity contribution in [3.05, 3.63) is 17.5 Å². The van der Waals surface area contributed by atoms with E-state index in [9.17, 15) is 4.79 Å². The third kappa shape index (κ3) is 3.68.